The summed E-state index contributed by atoms with van der Waals surface area (Å²) in [5.74, 6) is 1.52. The summed E-state index contributed by atoms with van der Waals surface area (Å²) in [6, 6.07) is 4.40. The number of aliphatic imine (C=N–C) groups is 1. The molecule has 1 saturated heterocycles. The number of hydrogen-bond acceptors (Lipinski definition) is 6. The van der Waals surface area contributed by atoms with Crippen molar-refractivity contribution in [2.45, 2.75) is 43.6 Å². The van der Waals surface area contributed by atoms with E-state index in [4.69, 9.17) is 10.5 Å². The molecule has 2 aromatic rings. The van der Waals surface area contributed by atoms with Gasteiger partial charge in [-0.2, -0.15) is 0 Å². The van der Waals surface area contributed by atoms with Gasteiger partial charge in [0.15, 0.2) is 0 Å². The van der Waals surface area contributed by atoms with Gasteiger partial charge < -0.3 is 15.8 Å². The molecule has 3 heterocycles. The van der Waals surface area contributed by atoms with Gasteiger partial charge in [-0.15, -0.1) is 5.10 Å². The first-order valence-corrected chi connectivity index (χ1v) is 8.94. The van der Waals surface area contributed by atoms with Crippen molar-refractivity contribution in [1.82, 2.24) is 20.3 Å². The zero-order chi connectivity index (χ0) is 17.0. The first kappa shape index (κ1) is 14.9. The largest absolute Gasteiger partial charge is 0.494 e. The molecular weight excluding hydrogens is 316 g/mol. The molecule has 7 heteroatoms. The summed E-state index contributed by atoms with van der Waals surface area (Å²) < 4.78 is 7.44. The average Bonchev–Trinajstić information content (AvgIpc) is 3.29. The molecule has 130 valence electrons. The Kier molecular flexibility index (Phi) is 3.15. The van der Waals surface area contributed by atoms with Crippen LogP contribution in [0.3, 0.4) is 0 Å². The van der Waals surface area contributed by atoms with Crippen molar-refractivity contribution < 1.29 is 4.74 Å². The minimum Gasteiger partial charge on any atom is -0.494 e. The van der Waals surface area contributed by atoms with Crippen LogP contribution in [-0.4, -0.2) is 34.5 Å². The second kappa shape index (κ2) is 5.29. The lowest BCUT2D eigenvalue weighted by Crippen LogP contribution is -2.44. The van der Waals surface area contributed by atoms with Gasteiger partial charge in [0.25, 0.3) is 0 Å². The van der Waals surface area contributed by atoms with Crippen molar-refractivity contribution in [1.29, 1.82) is 0 Å². The van der Waals surface area contributed by atoms with Gasteiger partial charge in [-0.3, -0.25) is 0 Å². The third-order valence-corrected chi connectivity index (χ3v) is 5.93. The lowest BCUT2D eigenvalue weighted by Gasteiger charge is -2.39. The predicted molar refractivity (Wildman–Crippen MR) is 94.7 cm³/mol. The fourth-order valence-electron chi connectivity index (χ4n) is 4.30. The van der Waals surface area contributed by atoms with Crippen molar-refractivity contribution in [3.05, 3.63) is 29.6 Å². The minimum absolute atomic E-state index is 0.0670. The Morgan fingerprint density at radius 2 is 2.20 bits per heavy atom. The maximum atomic E-state index is 6.26. The number of methoxy groups -OCH3 is 1. The summed E-state index contributed by atoms with van der Waals surface area (Å²) in [6.45, 7) is 1.04. The van der Waals surface area contributed by atoms with Gasteiger partial charge in [0.2, 0.25) is 0 Å². The van der Waals surface area contributed by atoms with Crippen LogP contribution in [0.1, 0.15) is 49.4 Å². The first-order chi connectivity index (χ1) is 12.2. The van der Waals surface area contributed by atoms with Gasteiger partial charge in [0.1, 0.15) is 23.0 Å². The van der Waals surface area contributed by atoms with E-state index in [0.717, 1.165) is 54.5 Å². The Bertz CT molecular complexity index is 860. The number of aromatic nitrogens is 3. The van der Waals surface area contributed by atoms with E-state index in [-0.39, 0.29) is 5.41 Å². The summed E-state index contributed by atoms with van der Waals surface area (Å²) in [4.78, 5) is 4.64. The molecule has 2 aliphatic heterocycles. The summed E-state index contributed by atoms with van der Waals surface area (Å²) >= 11 is 0. The fourth-order valence-corrected chi connectivity index (χ4v) is 4.30. The summed E-state index contributed by atoms with van der Waals surface area (Å²) in [5.41, 5.74) is 10.1. The Labute approximate surface area is 146 Å². The molecule has 1 saturated carbocycles. The van der Waals surface area contributed by atoms with Crippen LogP contribution in [-0.2, 0) is 5.41 Å². The maximum Gasteiger partial charge on any atom is 0.145 e. The van der Waals surface area contributed by atoms with Crippen LogP contribution in [0.4, 0.5) is 5.69 Å². The van der Waals surface area contributed by atoms with Gasteiger partial charge in [-0.05, 0) is 49.9 Å². The SMILES string of the molecule is COc1cc2c(cc1-n1cc([C@@H]3CCCN3)nn1)N=C(N)C21CCC1. The monoisotopic (exact) mass is 338 g/mol. The molecule has 0 amide bonds. The molecule has 3 aliphatic rings. The Morgan fingerprint density at radius 3 is 2.88 bits per heavy atom. The lowest BCUT2D eigenvalue weighted by molar-refractivity contribution is 0.342. The third-order valence-electron chi connectivity index (χ3n) is 5.93. The number of nitrogens with one attached hydrogen (secondary N) is 1. The number of amidine groups is 1. The number of benzene rings is 1. The maximum absolute atomic E-state index is 6.26. The van der Waals surface area contributed by atoms with E-state index in [1.165, 1.54) is 18.4 Å². The molecule has 0 unspecified atom stereocenters. The van der Waals surface area contributed by atoms with Crippen LogP contribution in [0.5, 0.6) is 5.75 Å². The molecule has 25 heavy (non-hydrogen) atoms. The highest BCUT2D eigenvalue weighted by molar-refractivity contribution is 6.00. The van der Waals surface area contributed by atoms with E-state index in [9.17, 15) is 0 Å². The fraction of sp³-hybridized carbons (Fsp3) is 0.500. The van der Waals surface area contributed by atoms with Crippen molar-refractivity contribution in [2.24, 2.45) is 10.7 Å². The Hall–Kier alpha value is -2.41. The molecule has 0 bridgehead atoms. The number of nitrogens with zero attached hydrogens (tertiary/aromatic N) is 4. The Morgan fingerprint density at radius 1 is 1.32 bits per heavy atom. The zero-order valence-corrected chi connectivity index (χ0v) is 14.3. The van der Waals surface area contributed by atoms with Crippen LogP contribution < -0.4 is 15.8 Å². The highest BCUT2D eigenvalue weighted by Gasteiger charge is 2.47. The number of hydrogen-bond donors (Lipinski definition) is 2. The molecule has 1 aliphatic carbocycles. The zero-order valence-electron chi connectivity index (χ0n) is 14.3. The number of fused-ring (bicyclic) bond motifs is 2. The lowest BCUT2D eigenvalue weighted by atomic mass is 9.64. The normalized spacial score (nSPS) is 23.4. The predicted octanol–water partition coefficient (Wildman–Crippen LogP) is 2.12. The van der Waals surface area contributed by atoms with E-state index in [0.29, 0.717) is 6.04 Å². The second-order valence-electron chi connectivity index (χ2n) is 7.21. The molecule has 7 nitrogen and oxygen atoms in total. The van der Waals surface area contributed by atoms with Crippen molar-refractivity contribution in [3.63, 3.8) is 0 Å². The molecular formula is C18H22N6O. The van der Waals surface area contributed by atoms with Gasteiger partial charge >= 0.3 is 0 Å². The number of ether oxygens (including phenoxy) is 1. The van der Waals surface area contributed by atoms with Crippen LogP contribution in [0.25, 0.3) is 5.69 Å². The summed E-state index contributed by atoms with van der Waals surface area (Å²) in [5, 5.41) is 12.1. The molecule has 2 fully saturated rings. The van der Waals surface area contributed by atoms with E-state index >= 15 is 0 Å². The molecule has 1 atom stereocenters. The van der Waals surface area contributed by atoms with E-state index in [1.54, 1.807) is 11.8 Å². The first-order valence-electron chi connectivity index (χ1n) is 8.94. The van der Waals surface area contributed by atoms with E-state index in [2.05, 4.69) is 26.7 Å². The van der Waals surface area contributed by atoms with Crippen LogP contribution in [0.2, 0.25) is 0 Å². The van der Waals surface area contributed by atoms with E-state index < -0.39 is 0 Å². The smallest absolute Gasteiger partial charge is 0.145 e. The van der Waals surface area contributed by atoms with Gasteiger partial charge in [0.05, 0.1) is 30.5 Å². The molecule has 3 N–H and O–H groups in total. The molecule has 1 aromatic heterocycles. The summed E-state index contributed by atoms with van der Waals surface area (Å²) in [6.07, 6.45) is 7.59. The van der Waals surface area contributed by atoms with E-state index in [1.807, 2.05) is 12.3 Å². The van der Waals surface area contributed by atoms with Gasteiger partial charge in [-0.25, -0.2) is 9.67 Å². The molecule has 5 rings (SSSR count). The second-order valence-corrected chi connectivity index (χ2v) is 7.21. The van der Waals surface area contributed by atoms with Gasteiger partial charge in [0, 0.05) is 0 Å². The highest BCUT2D eigenvalue weighted by atomic mass is 16.5. The highest BCUT2D eigenvalue weighted by Crippen LogP contribution is 2.53. The molecule has 0 radical (unpaired) electrons. The molecule has 1 aromatic carbocycles. The number of nitrogens with two attached hydrogens (primary N) is 1. The van der Waals surface area contributed by atoms with Crippen molar-refractivity contribution in [3.8, 4) is 11.4 Å². The minimum atomic E-state index is -0.0670. The van der Waals surface area contributed by atoms with Crippen LogP contribution in [0, 0.1) is 0 Å². The topological polar surface area (TPSA) is 90.3 Å². The summed E-state index contributed by atoms with van der Waals surface area (Å²) in [7, 11) is 1.69. The van der Waals surface area contributed by atoms with Crippen molar-refractivity contribution >= 4 is 11.5 Å². The average molecular weight is 338 g/mol. The van der Waals surface area contributed by atoms with Gasteiger partial charge in [-0.1, -0.05) is 11.6 Å². The number of rotatable bonds is 3. The Balaban J connectivity index is 1.57. The van der Waals surface area contributed by atoms with Crippen LogP contribution >= 0.6 is 0 Å². The molecule has 1 spiro atoms. The van der Waals surface area contributed by atoms with Crippen LogP contribution in [0.15, 0.2) is 23.3 Å². The van der Waals surface area contributed by atoms with Crippen molar-refractivity contribution in [2.75, 3.05) is 13.7 Å². The standard InChI is InChI=1S/C18H22N6O/c1-25-16-8-11-13(21-17(19)18(11)5-3-6-18)9-15(16)24-10-14(22-23-24)12-4-2-7-20-12/h8-10,12,20H,2-7H2,1H3,(H2,19,21)/t12-/m0/s1. The third kappa shape index (κ3) is 2.05. The quantitative estimate of drug-likeness (QED) is 0.895.